The van der Waals surface area contributed by atoms with Crippen molar-refractivity contribution < 1.29 is 5.11 Å². The third-order valence-corrected chi connectivity index (χ3v) is 2.12. The van der Waals surface area contributed by atoms with Crippen LogP contribution in [-0.2, 0) is 0 Å². The fourth-order valence-corrected chi connectivity index (χ4v) is 1.07. The standard InChI is InChI=1S/C9H24N4O/c1-9(4-5-12(2)10)8-11-13(3)6-7-14/h9,11,14H,4-8,10H2,1-3H3. The first kappa shape index (κ1) is 13.8. The summed E-state index contributed by atoms with van der Waals surface area (Å²) in [4.78, 5) is 0. The Kier molecular flexibility index (Phi) is 8.02. The first-order chi connectivity index (χ1) is 6.56. The van der Waals surface area contributed by atoms with Crippen molar-refractivity contribution in [2.24, 2.45) is 11.8 Å². The highest BCUT2D eigenvalue weighted by Crippen LogP contribution is 1.99. The molecule has 0 aromatic rings. The van der Waals surface area contributed by atoms with Gasteiger partial charge in [0.25, 0.3) is 0 Å². The zero-order valence-electron chi connectivity index (χ0n) is 9.53. The van der Waals surface area contributed by atoms with Crippen LogP contribution in [0, 0.1) is 5.92 Å². The van der Waals surface area contributed by atoms with E-state index in [1.807, 2.05) is 19.1 Å². The van der Waals surface area contributed by atoms with Gasteiger partial charge >= 0.3 is 0 Å². The van der Waals surface area contributed by atoms with Gasteiger partial charge in [-0.1, -0.05) is 6.92 Å². The molecule has 5 heteroatoms. The second kappa shape index (κ2) is 8.14. The summed E-state index contributed by atoms with van der Waals surface area (Å²) in [6.45, 7) is 4.85. The molecule has 0 spiro atoms. The quantitative estimate of drug-likeness (QED) is 0.358. The lowest BCUT2D eigenvalue weighted by atomic mass is 10.1. The molecular formula is C9H24N4O. The summed E-state index contributed by atoms with van der Waals surface area (Å²) in [6.07, 6.45) is 1.08. The third-order valence-electron chi connectivity index (χ3n) is 2.12. The zero-order valence-corrected chi connectivity index (χ0v) is 9.53. The minimum absolute atomic E-state index is 0.184. The van der Waals surface area contributed by atoms with Gasteiger partial charge in [0.05, 0.1) is 6.61 Å². The summed E-state index contributed by atoms with van der Waals surface area (Å²) >= 11 is 0. The second-order valence-electron chi connectivity index (χ2n) is 3.88. The lowest BCUT2D eigenvalue weighted by molar-refractivity contribution is 0.163. The topological polar surface area (TPSA) is 64.8 Å². The molecule has 0 amide bonds. The van der Waals surface area contributed by atoms with Gasteiger partial charge < -0.3 is 5.11 Å². The van der Waals surface area contributed by atoms with Gasteiger partial charge in [0.2, 0.25) is 0 Å². The highest BCUT2D eigenvalue weighted by Gasteiger charge is 2.04. The first-order valence-corrected chi connectivity index (χ1v) is 5.07. The summed E-state index contributed by atoms with van der Waals surface area (Å²) < 4.78 is 0. The molecule has 1 atom stereocenters. The van der Waals surface area contributed by atoms with E-state index in [9.17, 15) is 0 Å². The van der Waals surface area contributed by atoms with Crippen LogP contribution < -0.4 is 11.3 Å². The molecule has 0 radical (unpaired) electrons. The third kappa shape index (κ3) is 8.40. The molecule has 0 aromatic heterocycles. The van der Waals surface area contributed by atoms with Gasteiger partial charge in [-0.05, 0) is 12.3 Å². The predicted molar refractivity (Wildman–Crippen MR) is 58.3 cm³/mol. The summed E-state index contributed by atoms with van der Waals surface area (Å²) in [6, 6.07) is 0. The fourth-order valence-electron chi connectivity index (χ4n) is 1.07. The number of nitrogens with one attached hydrogen (secondary N) is 1. The Balaban J connectivity index is 3.38. The highest BCUT2D eigenvalue weighted by atomic mass is 16.3. The van der Waals surface area contributed by atoms with E-state index >= 15 is 0 Å². The first-order valence-electron chi connectivity index (χ1n) is 5.07. The van der Waals surface area contributed by atoms with E-state index in [-0.39, 0.29) is 6.61 Å². The van der Waals surface area contributed by atoms with E-state index in [1.54, 1.807) is 5.01 Å². The molecule has 0 saturated carbocycles. The van der Waals surface area contributed by atoms with Gasteiger partial charge in [0.15, 0.2) is 0 Å². The minimum atomic E-state index is 0.184. The Morgan fingerprint density at radius 1 is 1.36 bits per heavy atom. The summed E-state index contributed by atoms with van der Waals surface area (Å²) in [5.74, 6) is 6.10. The van der Waals surface area contributed by atoms with Gasteiger partial charge in [-0.15, -0.1) is 0 Å². The normalized spacial score (nSPS) is 13.9. The van der Waals surface area contributed by atoms with Gasteiger partial charge in [-0.3, -0.25) is 16.3 Å². The fraction of sp³-hybridized carbons (Fsp3) is 1.00. The van der Waals surface area contributed by atoms with Crippen LogP contribution in [0.1, 0.15) is 13.3 Å². The molecule has 0 heterocycles. The molecule has 4 N–H and O–H groups in total. The van der Waals surface area contributed by atoms with Crippen LogP contribution in [0.15, 0.2) is 0 Å². The second-order valence-corrected chi connectivity index (χ2v) is 3.88. The molecule has 14 heavy (non-hydrogen) atoms. The number of aliphatic hydroxyl groups is 1. The van der Waals surface area contributed by atoms with E-state index in [0.717, 1.165) is 19.5 Å². The van der Waals surface area contributed by atoms with Crippen LogP contribution in [-0.4, -0.2) is 55.5 Å². The van der Waals surface area contributed by atoms with Crippen molar-refractivity contribution in [3.8, 4) is 0 Å². The maximum Gasteiger partial charge on any atom is 0.0572 e. The lowest BCUT2D eigenvalue weighted by Crippen LogP contribution is -2.39. The van der Waals surface area contributed by atoms with Crippen LogP contribution in [0.5, 0.6) is 0 Å². The summed E-state index contributed by atoms with van der Waals surface area (Å²) in [5, 5.41) is 12.3. The van der Waals surface area contributed by atoms with E-state index < -0.39 is 0 Å². The molecule has 5 nitrogen and oxygen atoms in total. The summed E-state index contributed by atoms with van der Waals surface area (Å²) in [5.41, 5.74) is 3.22. The Hall–Kier alpha value is -0.200. The van der Waals surface area contributed by atoms with E-state index in [0.29, 0.717) is 12.5 Å². The van der Waals surface area contributed by atoms with Gasteiger partial charge in [-0.25, -0.2) is 5.01 Å². The van der Waals surface area contributed by atoms with E-state index in [1.165, 1.54) is 0 Å². The molecule has 0 rings (SSSR count). The van der Waals surface area contributed by atoms with Crippen LogP contribution in [0.2, 0.25) is 0 Å². The molecule has 86 valence electrons. The molecule has 0 saturated heterocycles. The molecule has 0 aliphatic rings. The number of likely N-dealkylation sites (N-methyl/N-ethyl adjacent to an activating group) is 1. The highest BCUT2D eigenvalue weighted by molar-refractivity contribution is 4.57. The molecule has 0 fully saturated rings. The summed E-state index contributed by atoms with van der Waals surface area (Å²) in [7, 11) is 3.80. The number of aliphatic hydroxyl groups excluding tert-OH is 1. The Morgan fingerprint density at radius 2 is 2.00 bits per heavy atom. The number of nitrogens with two attached hydrogens (primary N) is 1. The maximum absolute atomic E-state index is 8.67. The molecule has 1 unspecified atom stereocenters. The van der Waals surface area contributed by atoms with Crippen molar-refractivity contribution in [2.75, 3.05) is 40.3 Å². The maximum atomic E-state index is 8.67. The van der Waals surface area contributed by atoms with Gasteiger partial charge in [0, 0.05) is 33.7 Å². The molecule has 0 aliphatic heterocycles. The van der Waals surface area contributed by atoms with Gasteiger partial charge in [-0.2, -0.15) is 0 Å². The zero-order chi connectivity index (χ0) is 11.0. The number of hydrogen-bond donors (Lipinski definition) is 3. The van der Waals surface area contributed by atoms with Crippen molar-refractivity contribution >= 4 is 0 Å². The lowest BCUT2D eigenvalue weighted by Gasteiger charge is -2.20. The van der Waals surface area contributed by atoms with E-state index in [2.05, 4.69) is 12.3 Å². The Labute approximate surface area is 86.8 Å². The van der Waals surface area contributed by atoms with Crippen molar-refractivity contribution in [3.05, 3.63) is 0 Å². The van der Waals surface area contributed by atoms with Gasteiger partial charge in [0.1, 0.15) is 0 Å². The number of nitrogens with zero attached hydrogens (tertiary/aromatic N) is 2. The monoisotopic (exact) mass is 204 g/mol. The molecule has 0 bridgehead atoms. The number of rotatable bonds is 8. The van der Waals surface area contributed by atoms with Crippen molar-refractivity contribution in [1.82, 2.24) is 15.4 Å². The number of hydrogen-bond acceptors (Lipinski definition) is 5. The predicted octanol–water partition coefficient (Wildman–Crippen LogP) is -0.753. The number of hydrazine groups is 2. The Morgan fingerprint density at radius 3 is 2.50 bits per heavy atom. The molecular weight excluding hydrogens is 180 g/mol. The average molecular weight is 204 g/mol. The van der Waals surface area contributed by atoms with Crippen LogP contribution in [0.25, 0.3) is 0 Å². The molecule has 0 aliphatic carbocycles. The van der Waals surface area contributed by atoms with E-state index in [4.69, 9.17) is 10.9 Å². The van der Waals surface area contributed by atoms with Crippen LogP contribution >= 0.6 is 0 Å². The van der Waals surface area contributed by atoms with Crippen molar-refractivity contribution in [1.29, 1.82) is 0 Å². The Bertz CT molecular complexity index is 132. The average Bonchev–Trinajstić information content (AvgIpc) is 2.12. The SMILES string of the molecule is CC(CCN(C)N)CNN(C)CCO. The smallest absolute Gasteiger partial charge is 0.0572 e. The largest absolute Gasteiger partial charge is 0.395 e. The molecule has 0 aromatic carbocycles. The van der Waals surface area contributed by atoms with Crippen molar-refractivity contribution in [3.63, 3.8) is 0 Å². The van der Waals surface area contributed by atoms with Crippen molar-refractivity contribution in [2.45, 2.75) is 13.3 Å². The minimum Gasteiger partial charge on any atom is -0.395 e. The van der Waals surface area contributed by atoms with Crippen LogP contribution in [0.3, 0.4) is 0 Å². The van der Waals surface area contributed by atoms with Crippen LogP contribution in [0.4, 0.5) is 0 Å².